The molecule has 0 radical (unpaired) electrons. The van der Waals surface area contributed by atoms with Crippen molar-refractivity contribution in [3.8, 4) is 0 Å². The van der Waals surface area contributed by atoms with E-state index in [1.54, 1.807) is 0 Å². The van der Waals surface area contributed by atoms with Crippen LogP contribution in [0.2, 0.25) is 0 Å². The molecule has 2 aliphatic carbocycles. The van der Waals surface area contributed by atoms with Gasteiger partial charge in [-0.25, -0.2) is 0 Å². The number of aliphatic carboxylic acids is 2. The first kappa shape index (κ1) is 16.9. The van der Waals surface area contributed by atoms with Gasteiger partial charge in [0.05, 0.1) is 11.8 Å². The number of nitrogens with two attached hydrogens (primary N) is 2. The minimum Gasteiger partial charge on any atom is -0.481 e. The number of hydrogen-bond donors (Lipinski definition) is 4. The van der Waals surface area contributed by atoms with E-state index in [4.69, 9.17) is 21.7 Å². The Kier molecular flexibility index (Phi) is 6.95. The molecule has 116 valence electrons. The second-order valence-electron chi connectivity index (χ2n) is 5.90. The van der Waals surface area contributed by atoms with Crippen molar-refractivity contribution in [3.63, 3.8) is 0 Å². The Hall–Kier alpha value is -1.14. The van der Waals surface area contributed by atoms with Crippen molar-refractivity contribution >= 4 is 11.9 Å². The van der Waals surface area contributed by atoms with Crippen LogP contribution in [-0.2, 0) is 9.59 Å². The average molecular weight is 286 g/mol. The molecule has 6 N–H and O–H groups in total. The highest BCUT2D eigenvalue weighted by molar-refractivity contribution is 5.70. The second kappa shape index (κ2) is 8.21. The summed E-state index contributed by atoms with van der Waals surface area (Å²) in [6.45, 7) is 0. The largest absolute Gasteiger partial charge is 0.481 e. The van der Waals surface area contributed by atoms with Crippen molar-refractivity contribution in [2.75, 3.05) is 0 Å². The number of carboxylic acid groups (broad SMARTS) is 2. The average Bonchev–Trinajstić information content (AvgIpc) is 2.40. The molecule has 0 aliphatic heterocycles. The summed E-state index contributed by atoms with van der Waals surface area (Å²) in [6.07, 6.45) is 6.53. The molecule has 0 amide bonds. The van der Waals surface area contributed by atoms with Crippen LogP contribution >= 0.6 is 0 Å². The lowest BCUT2D eigenvalue weighted by Crippen LogP contribution is -2.29. The van der Waals surface area contributed by atoms with Gasteiger partial charge in [0.15, 0.2) is 0 Å². The Morgan fingerprint density at radius 1 is 0.650 bits per heavy atom. The Bertz CT molecular complexity index is 287. The predicted octanol–water partition coefficient (Wildman–Crippen LogP) is 1.18. The molecule has 2 rings (SSSR count). The van der Waals surface area contributed by atoms with Crippen LogP contribution in [0.15, 0.2) is 0 Å². The lowest BCUT2D eigenvalue weighted by Gasteiger charge is -2.22. The van der Waals surface area contributed by atoms with E-state index in [9.17, 15) is 9.59 Å². The van der Waals surface area contributed by atoms with Crippen molar-refractivity contribution in [1.29, 1.82) is 0 Å². The van der Waals surface area contributed by atoms with Gasteiger partial charge >= 0.3 is 11.9 Å². The minimum atomic E-state index is -0.660. The van der Waals surface area contributed by atoms with E-state index >= 15 is 0 Å². The van der Waals surface area contributed by atoms with Gasteiger partial charge in [0.1, 0.15) is 0 Å². The number of carboxylic acids is 2. The van der Waals surface area contributed by atoms with Crippen molar-refractivity contribution in [2.24, 2.45) is 23.3 Å². The van der Waals surface area contributed by atoms with Gasteiger partial charge in [-0.05, 0) is 51.4 Å². The van der Waals surface area contributed by atoms with Crippen LogP contribution in [0.5, 0.6) is 0 Å². The molecular weight excluding hydrogens is 260 g/mol. The minimum absolute atomic E-state index is 0.125. The van der Waals surface area contributed by atoms with Crippen LogP contribution in [0.4, 0.5) is 0 Å². The molecule has 2 aliphatic rings. The lowest BCUT2D eigenvalue weighted by molar-refractivity contribution is -0.143. The van der Waals surface area contributed by atoms with Gasteiger partial charge in [-0.15, -0.1) is 0 Å². The Morgan fingerprint density at radius 3 is 1.10 bits per heavy atom. The molecule has 0 heterocycles. The predicted molar refractivity (Wildman–Crippen MR) is 75.1 cm³/mol. The van der Waals surface area contributed by atoms with E-state index in [1.807, 2.05) is 0 Å². The molecule has 2 fully saturated rings. The second-order valence-corrected chi connectivity index (χ2v) is 5.90. The normalized spacial score (nSPS) is 33.7. The first-order valence-corrected chi connectivity index (χ1v) is 7.37. The molecule has 20 heavy (non-hydrogen) atoms. The number of rotatable bonds is 2. The molecule has 6 heteroatoms. The zero-order chi connectivity index (χ0) is 15.1. The van der Waals surface area contributed by atoms with E-state index in [0.717, 1.165) is 51.4 Å². The topological polar surface area (TPSA) is 127 Å². The highest BCUT2D eigenvalue weighted by Crippen LogP contribution is 2.23. The molecule has 0 unspecified atom stereocenters. The van der Waals surface area contributed by atoms with Crippen LogP contribution in [0.25, 0.3) is 0 Å². The smallest absolute Gasteiger partial charge is 0.306 e. The molecule has 0 spiro atoms. The van der Waals surface area contributed by atoms with Gasteiger partial charge in [-0.1, -0.05) is 0 Å². The monoisotopic (exact) mass is 286 g/mol. The Balaban J connectivity index is 0.000000200. The zero-order valence-electron chi connectivity index (χ0n) is 11.8. The summed E-state index contributed by atoms with van der Waals surface area (Å²) in [4.78, 5) is 20.8. The first-order chi connectivity index (χ1) is 9.40. The molecule has 0 aromatic heterocycles. The molecule has 0 aromatic rings. The summed E-state index contributed by atoms with van der Waals surface area (Å²) in [5.41, 5.74) is 11.2. The molecule has 6 nitrogen and oxygen atoms in total. The van der Waals surface area contributed by atoms with Crippen LogP contribution in [0.3, 0.4) is 0 Å². The van der Waals surface area contributed by atoms with Crippen molar-refractivity contribution in [1.82, 2.24) is 0 Å². The van der Waals surface area contributed by atoms with Gasteiger partial charge in [0.25, 0.3) is 0 Å². The Morgan fingerprint density at radius 2 is 0.900 bits per heavy atom. The molecule has 0 aromatic carbocycles. The molecule has 2 saturated carbocycles. The molecule has 0 bridgehead atoms. The molecular formula is C14H26N2O4. The summed E-state index contributed by atoms with van der Waals surface area (Å²) in [5, 5.41) is 17.2. The number of hydrogen-bond acceptors (Lipinski definition) is 4. The third-order valence-corrected chi connectivity index (χ3v) is 4.24. The highest BCUT2D eigenvalue weighted by atomic mass is 16.4. The van der Waals surface area contributed by atoms with Gasteiger partial charge in [0.2, 0.25) is 0 Å². The van der Waals surface area contributed by atoms with Crippen LogP contribution in [0, 0.1) is 11.8 Å². The van der Waals surface area contributed by atoms with Crippen molar-refractivity contribution in [3.05, 3.63) is 0 Å². The van der Waals surface area contributed by atoms with Crippen LogP contribution in [0.1, 0.15) is 51.4 Å². The number of carbonyl (C=O) groups is 2. The summed E-state index contributed by atoms with van der Waals surface area (Å²) in [7, 11) is 0. The van der Waals surface area contributed by atoms with Gasteiger partial charge in [0, 0.05) is 12.1 Å². The van der Waals surface area contributed by atoms with Gasteiger partial charge < -0.3 is 21.7 Å². The van der Waals surface area contributed by atoms with Crippen LogP contribution in [-0.4, -0.2) is 34.2 Å². The van der Waals surface area contributed by atoms with E-state index in [0.29, 0.717) is 0 Å². The summed E-state index contributed by atoms with van der Waals surface area (Å²) < 4.78 is 0. The van der Waals surface area contributed by atoms with E-state index < -0.39 is 11.9 Å². The quantitative estimate of drug-likeness (QED) is 0.603. The van der Waals surface area contributed by atoms with Gasteiger partial charge in [-0.3, -0.25) is 9.59 Å². The lowest BCUT2D eigenvalue weighted by atomic mass is 9.87. The fraction of sp³-hybridized carbons (Fsp3) is 0.857. The summed E-state index contributed by atoms with van der Waals surface area (Å²) in [5.74, 6) is -1.57. The fourth-order valence-corrected chi connectivity index (χ4v) is 2.73. The maximum absolute atomic E-state index is 10.4. The Labute approximate surface area is 119 Å². The maximum atomic E-state index is 10.4. The highest BCUT2D eigenvalue weighted by Gasteiger charge is 2.24. The van der Waals surface area contributed by atoms with Crippen LogP contribution < -0.4 is 11.5 Å². The SMILES string of the molecule is NC1CCC(C(=O)O)CC1.NC1CCC(C(=O)O)CC1. The fourth-order valence-electron chi connectivity index (χ4n) is 2.73. The molecule has 0 atom stereocenters. The summed E-state index contributed by atoms with van der Waals surface area (Å²) >= 11 is 0. The standard InChI is InChI=1S/2C7H13NO2/c2*8-6-3-1-5(2-4-6)7(9)10/h2*5-6H,1-4,8H2,(H,9,10). The van der Waals surface area contributed by atoms with E-state index in [-0.39, 0.29) is 23.9 Å². The third kappa shape index (κ3) is 5.88. The summed E-state index contributed by atoms with van der Waals surface area (Å²) in [6, 6.07) is 0.492. The first-order valence-electron chi connectivity index (χ1n) is 7.37. The molecule has 0 saturated heterocycles. The zero-order valence-corrected chi connectivity index (χ0v) is 11.8. The van der Waals surface area contributed by atoms with Crippen molar-refractivity contribution in [2.45, 2.75) is 63.5 Å². The van der Waals surface area contributed by atoms with E-state index in [1.165, 1.54) is 0 Å². The van der Waals surface area contributed by atoms with Gasteiger partial charge in [-0.2, -0.15) is 0 Å². The third-order valence-electron chi connectivity index (χ3n) is 4.24. The maximum Gasteiger partial charge on any atom is 0.306 e. The van der Waals surface area contributed by atoms with E-state index in [2.05, 4.69) is 0 Å². The van der Waals surface area contributed by atoms with Crippen molar-refractivity contribution < 1.29 is 19.8 Å².